The highest BCUT2D eigenvalue weighted by Crippen LogP contribution is 2.41. The van der Waals surface area contributed by atoms with Crippen molar-refractivity contribution >= 4 is 16.9 Å². The van der Waals surface area contributed by atoms with Crippen LogP contribution in [0.25, 0.3) is 22.3 Å². The number of aromatic hydroxyl groups is 1. The number of pyridine rings is 2. The van der Waals surface area contributed by atoms with Crippen LogP contribution in [0.15, 0.2) is 29.1 Å². The Labute approximate surface area is 172 Å². The van der Waals surface area contributed by atoms with E-state index in [0.29, 0.717) is 29.8 Å². The summed E-state index contributed by atoms with van der Waals surface area (Å²) < 4.78 is 12.6. The van der Waals surface area contributed by atoms with Crippen molar-refractivity contribution in [2.24, 2.45) is 0 Å². The van der Waals surface area contributed by atoms with Gasteiger partial charge in [-0.05, 0) is 42.7 Å². The third kappa shape index (κ3) is 2.26. The van der Waals surface area contributed by atoms with E-state index in [2.05, 4.69) is 6.92 Å². The summed E-state index contributed by atoms with van der Waals surface area (Å²) in [5, 5.41) is 10.8. The molecule has 0 amide bonds. The number of hydrogen-bond acceptors (Lipinski definition) is 6. The molecular weight excluding hydrogens is 384 g/mol. The molecule has 1 aromatic carbocycles. The van der Waals surface area contributed by atoms with Crippen LogP contribution in [0, 0.1) is 0 Å². The molecule has 4 heterocycles. The predicted molar refractivity (Wildman–Crippen MR) is 110 cm³/mol. The van der Waals surface area contributed by atoms with Crippen molar-refractivity contribution in [1.82, 2.24) is 9.55 Å². The zero-order chi connectivity index (χ0) is 21.2. The third-order valence-corrected chi connectivity index (χ3v) is 6.46. The summed E-state index contributed by atoms with van der Waals surface area (Å²) in [6.45, 7) is 4.23. The summed E-state index contributed by atoms with van der Waals surface area (Å²) in [5.74, 6) is -0.288. The van der Waals surface area contributed by atoms with Gasteiger partial charge in [0.2, 0.25) is 0 Å². The first kappa shape index (κ1) is 18.8. The average Bonchev–Trinajstić information content (AvgIpc) is 3.11. The van der Waals surface area contributed by atoms with Crippen molar-refractivity contribution < 1.29 is 19.4 Å². The van der Waals surface area contributed by atoms with E-state index in [0.717, 1.165) is 34.1 Å². The summed E-state index contributed by atoms with van der Waals surface area (Å²) in [7, 11) is 1.46. The predicted octanol–water partition coefficient (Wildman–Crippen LogP) is 3.00. The molecule has 2 aliphatic heterocycles. The number of ether oxygens (including phenoxy) is 2. The Bertz CT molecular complexity index is 1290. The van der Waals surface area contributed by atoms with Gasteiger partial charge in [0.15, 0.2) is 5.60 Å². The van der Waals surface area contributed by atoms with Crippen LogP contribution in [0.1, 0.15) is 42.5 Å². The Morgan fingerprint density at radius 2 is 2.03 bits per heavy atom. The van der Waals surface area contributed by atoms with Gasteiger partial charge >= 0.3 is 5.97 Å². The molecule has 2 aliphatic rings. The number of carbonyl (C=O) groups is 1. The lowest BCUT2D eigenvalue weighted by molar-refractivity contribution is -0.176. The van der Waals surface area contributed by atoms with Gasteiger partial charge in [0, 0.05) is 23.6 Å². The Morgan fingerprint density at radius 1 is 1.23 bits per heavy atom. The third-order valence-electron chi connectivity index (χ3n) is 6.46. The summed E-state index contributed by atoms with van der Waals surface area (Å²) >= 11 is 0. The Kier molecular flexibility index (Phi) is 4.02. The average molecular weight is 406 g/mol. The van der Waals surface area contributed by atoms with E-state index in [9.17, 15) is 14.7 Å². The fourth-order valence-corrected chi connectivity index (χ4v) is 4.88. The fraction of sp³-hybridized carbons (Fsp3) is 0.348. The molecule has 7 heteroatoms. The van der Waals surface area contributed by atoms with Gasteiger partial charge in [-0.1, -0.05) is 13.8 Å². The lowest BCUT2D eigenvalue weighted by atomic mass is 9.85. The lowest BCUT2D eigenvalue weighted by Crippen LogP contribution is -2.45. The highest BCUT2D eigenvalue weighted by atomic mass is 16.6. The molecule has 0 radical (unpaired) electrons. The van der Waals surface area contributed by atoms with Crippen LogP contribution in [0.2, 0.25) is 0 Å². The first-order valence-electron chi connectivity index (χ1n) is 10.1. The molecule has 3 aromatic rings. The SMILES string of the molecule is CCc1c2c(nc3ccc(O)cc13)-c1cc3c(c(=O)n1C2)COC(=O)C3(CC)OC. The minimum Gasteiger partial charge on any atom is -0.508 e. The highest BCUT2D eigenvalue weighted by molar-refractivity contribution is 5.89. The van der Waals surface area contributed by atoms with Crippen LogP contribution >= 0.6 is 0 Å². The molecule has 0 saturated heterocycles. The highest BCUT2D eigenvalue weighted by Gasteiger charge is 2.47. The van der Waals surface area contributed by atoms with Gasteiger partial charge in [0.1, 0.15) is 12.4 Å². The van der Waals surface area contributed by atoms with Crippen molar-refractivity contribution in [2.45, 2.75) is 45.4 Å². The molecule has 0 saturated carbocycles. The van der Waals surface area contributed by atoms with Crippen molar-refractivity contribution in [3.63, 3.8) is 0 Å². The number of esters is 1. The molecule has 1 atom stereocenters. The van der Waals surface area contributed by atoms with E-state index >= 15 is 0 Å². The summed E-state index contributed by atoms with van der Waals surface area (Å²) in [6.07, 6.45) is 1.10. The zero-order valence-electron chi connectivity index (χ0n) is 17.1. The summed E-state index contributed by atoms with van der Waals surface area (Å²) in [6, 6.07) is 6.98. The van der Waals surface area contributed by atoms with Crippen LogP contribution < -0.4 is 5.56 Å². The normalized spacial score (nSPS) is 19.4. The number of fused-ring (bicyclic) bond motifs is 5. The lowest BCUT2D eigenvalue weighted by Gasteiger charge is -2.34. The van der Waals surface area contributed by atoms with Crippen LogP contribution in [-0.4, -0.2) is 27.7 Å². The van der Waals surface area contributed by atoms with Gasteiger partial charge in [-0.2, -0.15) is 0 Å². The van der Waals surface area contributed by atoms with E-state index in [1.54, 1.807) is 22.8 Å². The van der Waals surface area contributed by atoms with Gasteiger partial charge in [-0.15, -0.1) is 0 Å². The van der Waals surface area contributed by atoms with Crippen molar-refractivity contribution in [3.05, 3.63) is 56.9 Å². The van der Waals surface area contributed by atoms with E-state index in [4.69, 9.17) is 14.5 Å². The van der Waals surface area contributed by atoms with Gasteiger partial charge in [-0.25, -0.2) is 9.78 Å². The molecule has 0 spiro atoms. The number of benzene rings is 1. The van der Waals surface area contributed by atoms with Crippen LogP contribution in [0.3, 0.4) is 0 Å². The molecule has 154 valence electrons. The van der Waals surface area contributed by atoms with E-state index in [1.807, 2.05) is 13.0 Å². The second-order valence-corrected chi connectivity index (χ2v) is 7.75. The molecule has 5 rings (SSSR count). The number of rotatable bonds is 3. The molecule has 30 heavy (non-hydrogen) atoms. The van der Waals surface area contributed by atoms with Gasteiger partial charge in [0.25, 0.3) is 5.56 Å². The summed E-state index contributed by atoms with van der Waals surface area (Å²) in [5.41, 5.74) is 3.77. The number of cyclic esters (lactones) is 1. The Hall–Kier alpha value is -3.19. The van der Waals surface area contributed by atoms with Crippen molar-refractivity contribution in [2.75, 3.05) is 7.11 Å². The molecule has 0 aliphatic carbocycles. The Morgan fingerprint density at radius 3 is 2.73 bits per heavy atom. The maximum atomic E-state index is 13.4. The summed E-state index contributed by atoms with van der Waals surface area (Å²) in [4.78, 5) is 30.8. The molecule has 0 fully saturated rings. The molecule has 7 nitrogen and oxygen atoms in total. The Balaban J connectivity index is 1.84. The number of carbonyl (C=O) groups excluding carboxylic acids is 1. The molecular formula is C23H22N2O5. The molecule has 1 N–H and O–H groups in total. The second kappa shape index (κ2) is 6.40. The standard InChI is InChI=1S/C23H22N2O5/c1-4-13-14-8-12(26)6-7-18(14)24-20-15(13)10-25-19(20)9-17-16(21(25)27)11-30-22(28)23(17,5-2)29-3/h6-9,26H,4-5,10-11H2,1-3H3. The molecule has 0 bridgehead atoms. The number of aryl methyl sites for hydroxylation is 1. The van der Waals surface area contributed by atoms with Gasteiger partial charge < -0.3 is 19.1 Å². The van der Waals surface area contributed by atoms with Crippen LogP contribution in [0.4, 0.5) is 0 Å². The number of aromatic nitrogens is 2. The fourth-order valence-electron chi connectivity index (χ4n) is 4.88. The van der Waals surface area contributed by atoms with Gasteiger partial charge in [0.05, 0.1) is 29.0 Å². The van der Waals surface area contributed by atoms with Crippen LogP contribution in [0.5, 0.6) is 5.75 Å². The largest absolute Gasteiger partial charge is 0.508 e. The first-order valence-corrected chi connectivity index (χ1v) is 10.1. The van der Waals surface area contributed by atoms with Gasteiger partial charge in [-0.3, -0.25) is 4.79 Å². The number of methoxy groups -OCH3 is 1. The number of phenols is 1. The number of nitrogens with zero attached hydrogens (tertiary/aromatic N) is 2. The maximum Gasteiger partial charge on any atom is 0.343 e. The van der Waals surface area contributed by atoms with Crippen molar-refractivity contribution in [1.29, 1.82) is 0 Å². The molecule has 1 unspecified atom stereocenters. The second-order valence-electron chi connectivity index (χ2n) is 7.75. The monoisotopic (exact) mass is 406 g/mol. The molecule has 2 aromatic heterocycles. The quantitative estimate of drug-likeness (QED) is 0.526. The van der Waals surface area contributed by atoms with Crippen LogP contribution in [-0.2, 0) is 39.4 Å². The van der Waals surface area contributed by atoms with E-state index < -0.39 is 11.6 Å². The topological polar surface area (TPSA) is 90.7 Å². The van der Waals surface area contributed by atoms with E-state index in [-0.39, 0.29) is 17.9 Å². The minimum atomic E-state index is -1.29. The maximum absolute atomic E-state index is 13.4. The first-order chi connectivity index (χ1) is 14.4. The smallest absolute Gasteiger partial charge is 0.343 e. The minimum absolute atomic E-state index is 0.0569. The zero-order valence-corrected chi connectivity index (χ0v) is 17.1. The van der Waals surface area contributed by atoms with Crippen molar-refractivity contribution in [3.8, 4) is 17.1 Å². The van der Waals surface area contributed by atoms with E-state index in [1.165, 1.54) is 7.11 Å². The number of hydrogen-bond donors (Lipinski definition) is 1. The number of phenolic OH excluding ortho intramolecular Hbond substituents is 1.